The molecule has 1 aromatic rings. The minimum absolute atomic E-state index is 0.00185. The van der Waals surface area contributed by atoms with Gasteiger partial charge in [0.15, 0.2) is 0 Å². The second kappa shape index (κ2) is 10.5. The van der Waals surface area contributed by atoms with Crippen LogP contribution >= 0.6 is 0 Å². The summed E-state index contributed by atoms with van der Waals surface area (Å²) in [6.07, 6.45) is 2.10. The van der Waals surface area contributed by atoms with Crippen LogP contribution in [0, 0.1) is 5.92 Å². The van der Waals surface area contributed by atoms with Gasteiger partial charge in [-0.15, -0.1) is 0 Å². The maximum absolute atomic E-state index is 11.8. The molecule has 1 aliphatic rings. The molecule has 0 aliphatic carbocycles. The summed E-state index contributed by atoms with van der Waals surface area (Å²) in [6, 6.07) is 8.06. The van der Waals surface area contributed by atoms with E-state index < -0.39 is 6.10 Å². The Morgan fingerprint density at radius 3 is 2.62 bits per heavy atom. The van der Waals surface area contributed by atoms with Gasteiger partial charge in [0.25, 0.3) is 0 Å². The molecule has 1 fully saturated rings. The summed E-state index contributed by atoms with van der Waals surface area (Å²) >= 11 is 0. The van der Waals surface area contributed by atoms with Gasteiger partial charge in [-0.3, -0.25) is 4.79 Å². The van der Waals surface area contributed by atoms with Crippen molar-refractivity contribution in [3.63, 3.8) is 0 Å². The van der Waals surface area contributed by atoms with Crippen LogP contribution in [0.3, 0.4) is 0 Å². The lowest BCUT2D eigenvalue weighted by atomic mass is 9.97. The number of esters is 1. The van der Waals surface area contributed by atoms with E-state index in [4.69, 9.17) is 9.47 Å². The normalized spacial score (nSPS) is 18.3. The average Bonchev–Trinajstić information content (AvgIpc) is 2.66. The highest BCUT2D eigenvalue weighted by Crippen LogP contribution is 2.28. The number of likely N-dealkylation sites (tertiary alicyclic amines) is 1. The molecule has 2 atom stereocenters. The maximum atomic E-state index is 11.8. The SMILES string of the molecule is CCOC(=O)C1CCN(C[C@H](O)COc2ccccc2[C@@H](C)CC)CC1. The third kappa shape index (κ3) is 5.99. The van der Waals surface area contributed by atoms with Gasteiger partial charge in [-0.2, -0.15) is 0 Å². The summed E-state index contributed by atoms with van der Waals surface area (Å²) < 4.78 is 11.0. The highest BCUT2D eigenvalue weighted by molar-refractivity contribution is 5.72. The molecular formula is C21H33NO4. The van der Waals surface area contributed by atoms with Crippen molar-refractivity contribution < 1.29 is 19.4 Å². The van der Waals surface area contributed by atoms with Gasteiger partial charge < -0.3 is 19.5 Å². The largest absolute Gasteiger partial charge is 0.491 e. The van der Waals surface area contributed by atoms with Crippen molar-refractivity contribution >= 4 is 5.97 Å². The van der Waals surface area contributed by atoms with E-state index in [1.54, 1.807) is 0 Å². The van der Waals surface area contributed by atoms with Crippen LogP contribution in [0.4, 0.5) is 0 Å². The number of hydrogen-bond donors (Lipinski definition) is 1. The smallest absolute Gasteiger partial charge is 0.309 e. The van der Waals surface area contributed by atoms with E-state index in [1.165, 1.54) is 5.56 Å². The predicted octanol–water partition coefficient (Wildman–Crippen LogP) is 3.21. The van der Waals surface area contributed by atoms with Gasteiger partial charge in [0.05, 0.1) is 12.5 Å². The van der Waals surface area contributed by atoms with Gasteiger partial charge in [-0.1, -0.05) is 32.0 Å². The number of para-hydroxylation sites is 1. The number of β-amino-alcohol motifs (C(OH)–C–C–N with tert-alkyl or cyclic N) is 1. The number of hydrogen-bond acceptors (Lipinski definition) is 5. The Morgan fingerprint density at radius 2 is 1.96 bits per heavy atom. The zero-order valence-corrected chi connectivity index (χ0v) is 16.3. The number of aliphatic hydroxyl groups excluding tert-OH is 1. The topological polar surface area (TPSA) is 59.0 Å². The third-order valence-corrected chi connectivity index (χ3v) is 5.17. The van der Waals surface area contributed by atoms with Crippen LogP contribution in [0.25, 0.3) is 0 Å². The fourth-order valence-electron chi connectivity index (χ4n) is 3.39. The lowest BCUT2D eigenvalue weighted by Crippen LogP contribution is -2.42. The second-order valence-electron chi connectivity index (χ2n) is 7.14. The lowest BCUT2D eigenvalue weighted by Gasteiger charge is -2.32. The number of nitrogens with zero attached hydrogens (tertiary/aromatic N) is 1. The standard InChI is InChI=1S/C21H33NO4/c1-4-16(3)19-8-6-7-9-20(19)26-15-18(23)14-22-12-10-17(11-13-22)21(24)25-5-2/h6-9,16-18,23H,4-5,10-15H2,1-3H3/t16-,18-/m0/s1. The van der Waals surface area contributed by atoms with Crippen molar-refractivity contribution in [3.8, 4) is 5.75 Å². The van der Waals surface area contributed by atoms with Crippen LogP contribution < -0.4 is 4.74 Å². The van der Waals surface area contributed by atoms with Crippen LogP contribution in [0.1, 0.15) is 51.5 Å². The first-order chi connectivity index (χ1) is 12.5. The number of piperidine rings is 1. The van der Waals surface area contributed by atoms with E-state index in [9.17, 15) is 9.90 Å². The van der Waals surface area contributed by atoms with Crippen LogP contribution in [0.15, 0.2) is 24.3 Å². The number of carbonyl (C=O) groups excluding carboxylic acids is 1. The summed E-state index contributed by atoms with van der Waals surface area (Å²) in [7, 11) is 0. The maximum Gasteiger partial charge on any atom is 0.309 e. The molecule has 0 amide bonds. The van der Waals surface area contributed by atoms with Crippen molar-refractivity contribution in [2.24, 2.45) is 5.92 Å². The Bertz CT molecular complexity index is 555. The van der Waals surface area contributed by atoms with Crippen molar-refractivity contribution in [2.45, 2.75) is 52.1 Å². The molecule has 5 nitrogen and oxygen atoms in total. The number of aliphatic hydroxyl groups is 1. The summed E-state index contributed by atoms with van der Waals surface area (Å²) in [5, 5.41) is 10.4. The fourth-order valence-corrected chi connectivity index (χ4v) is 3.39. The molecular weight excluding hydrogens is 330 g/mol. The number of ether oxygens (including phenoxy) is 2. The molecule has 1 aliphatic heterocycles. The van der Waals surface area contributed by atoms with Crippen LogP contribution in [-0.4, -0.2) is 54.9 Å². The Labute approximate surface area is 157 Å². The Kier molecular flexibility index (Phi) is 8.39. The van der Waals surface area contributed by atoms with Gasteiger partial charge in [-0.25, -0.2) is 0 Å². The third-order valence-electron chi connectivity index (χ3n) is 5.17. The molecule has 1 N–H and O–H groups in total. The van der Waals surface area contributed by atoms with Crippen molar-refractivity contribution in [1.29, 1.82) is 0 Å². The van der Waals surface area contributed by atoms with E-state index in [2.05, 4.69) is 24.8 Å². The van der Waals surface area contributed by atoms with E-state index in [-0.39, 0.29) is 18.5 Å². The highest BCUT2D eigenvalue weighted by atomic mass is 16.5. The van der Waals surface area contributed by atoms with Gasteiger partial charge in [0, 0.05) is 6.54 Å². The summed E-state index contributed by atoms with van der Waals surface area (Å²) in [5.74, 6) is 1.21. The van der Waals surface area contributed by atoms with Gasteiger partial charge in [0.2, 0.25) is 0 Å². The van der Waals surface area contributed by atoms with Gasteiger partial charge >= 0.3 is 5.97 Å². The van der Waals surface area contributed by atoms with Gasteiger partial charge in [0.1, 0.15) is 18.5 Å². The monoisotopic (exact) mass is 363 g/mol. The first kappa shape index (κ1) is 20.7. The predicted molar refractivity (Wildman–Crippen MR) is 102 cm³/mol. The zero-order valence-electron chi connectivity index (χ0n) is 16.3. The summed E-state index contributed by atoms with van der Waals surface area (Å²) in [5.41, 5.74) is 1.19. The molecule has 5 heteroatoms. The number of carbonyl (C=O) groups is 1. The Hall–Kier alpha value is -1.59. The van der Waals surface area contributed by atoms with E-state index >= 15 is 0 Å². The number of benzene rings is 1. The quantitative estimate of drug-likeness (QED) is 0.683. The minimum atomic E-state index is -0.542. The average molecular weight is 363 g/mol. The zero-order chi connectivity index (χ0) is 18.9. The lowest BCUT2D eigenvalue weighted by molar-refractivity contribution is -0.149. The molecule has 26 heavy (non-hydrogen) atoms. The molecule has 0 bridgehead atoms. The molecule has 0 radical (unpaired) electrons. The molecule has 0 spiro atoms. The van der Waals surface area contributed by atoms with Crippen molar-refractivity contribution in [1.82, 2.24) is 4.90 Å². The summed E-state index contributed by atoms with van der Waals surface area (Å²) in [6.45, 7) is 9.10. The van der Waals surface area contributed by atoms with E-state index in [1.807, 2.05) is 25.1 Å². The van der Waals surface area contributed by atoms with Crippen LogP contribution in [0.5, 0.6) is 5.75 Å². The molecule has 146 valence electrons. The fraction of sp³-hybridized carbons (Fsp3) is 0.667. The Morgan fingerprint density at radius 1 is 1.27 bits per heavy atom. The first-order valence-corrected chi connectivity index (χ1v) is 9.83. The second-order valence-corrected chi connectivity index (χ2v) is 7.14. The van der Waals surface area contributed by atoms with Crippen molar-refractivity contribution in [2.75, 3.05) is 32.8 Å². The van der Waals surface area contributed by atoms with Gasteiger partial charge in [-0.05, 0) is 56.8 Å². The molecule has 1 aromatic carbocycles. The summed E-state index contributed by atoms with van der Waals surface area (Å²) in [4.78, 5) is 14.0. The first-order valence-electron chi connectivity index (χ1n) is 9.83. The number of rotatable bonds is 9. The highest BCUT2D eigenvalue weighted by Gasteiger charge is 2.27. The molecule has 0 aromatic heterocycles. The van der Waals surface area contributed by atoms with E-state index in [0.717, 1.165) is 38.1 Å². The van der Waals surface area contributed by atoms with Crippen LogP contribution in [0.2, 0.25) is 0 Å². The van der Waals surface area contributed by atoms with E-state index in [0.29, 0.717) is 19.1 Å². The molecule has 0 unspecified atom stereocenters. The Balaban J connectivity index is 1.77. The molecule has 1 heterocycles. The molecule has 1 saturated heterocycles. The van der Waals surface area contributed by atoms with Crippen LogP contribution in [-0.2, 0) is 9.53 Å². The minimum Gasteiger partial charge on any atom is -0.491 e. The van der Waals surface area contributed by atoms with Crippen molar-refractivity contribution in [3.05, 3.63) is 29.8 Å². The molecule has 0 saturated carbocycles. The molecule has 2 rings (SSSR count).